The third kappa shape index (κ3) is 1.70. The summed E-state index contributed by atoms with van der Waals surface area (Å²) in [5.74, 6) is 0.217. The molecule has 1 atom stereocenters. The van der Waals surface area contributed by atoms with Crippen LogP contribution in [0.4, 0.5) is 0 Å². The minimum absolute atomic E-state index is 0.217. The quantitative estimate of drug-likeness (QED) is 0.278. The first kappa shape index (κ1) is 7.11. The van der Waals surface area contributed by atoms with Crippen molar-refractivity contribution in [3.8, 4) is 0 Å². The summed E-state index contributed by atoms with van der Waals surface area (Å²) in [6, 6.07) is 0. The molecule has 1 rings (SSSR count). The Bertz CT molecular complexity index is 125. The number of rotatable bonds is 0. The van der Waals surface area contributed by atoms with E-state index in [1.807, 2.05) is 4.90 Å². The number of nitrogens with zero attached hydrogens (tertiary/aromatic N) is 1. The van der Waals surface area contributed by atoms with Crippen LogP contribution in [0.2, 0.25) is 0 Å². The number of guanidine groups is 1. The van der Waals surface area contributed by atoms with E-state index in [2.05, 4.69) is 22.6 Å². The Balaban J connectivity index is 2.39. The molecule has 3 nitrogen and oxygen atoms in total. The standard InChI is InChI=1S/C5H10IN3/c6-4-1-2-9(3-4)5(7)8/h4H,1-3H2,(H3,7,8). The summed E-state index contributed by atoms with van der Waals surface area (Å²) in [5.41, 5.74) is 5.27. The van der Waals surface area contributed by atoms with Crippen LogP contribution in [0.1, 0.15) is 6.42 Å². The van der Waals surface area contributed by atoms with Crippen molar-refractivity contribution in [3.63, 3.8) is 0 Å². The summed E-state index contributed by atoms with van der Waals surface area (Å²) in [6.45, 7) is 1.92. The molecule has 1 aliphatic heterocycles. The van der Waals surface area contributed by atoms with E-state index in [0.717, 1.165) is 13.1 Å². The minimum Gasteiger partial charge on any atom is -0.370 e. The second kappa shape index (κ2) is 2.72. The Hall–Kier alpha value is 0. The first-order valence-electron chi connectivity index (χ1n) is 2.93. The molecule has 0 bridgehead atoms. The highest BCUT2D eigenvalue weighted by Gasteiger charge is 2.19. The molecule has 1 aliphatic rings. The second-order valence-electron chi connectivity index (χ2n) is 2.22. The fraction of sp³-hybridized carbons (Fsp3) is 0.800. The van der Waals surface area contributed by atoms with Gasteiger partial charge in [0.15, 0.2) is 5.96 Å². The molecule has 0 spiro atoms. The van der Waals surface area contributed by atoms with Crippen molar-refractivity contribution in [2.75, 3.05) is 13.1 Å². The Morgan fingerprint density at radius 3 is 2.67 bits per heavy atom. The number of hydrogen-bond donors (Lipinski definition) is 2. The van der Waals surface area contributed by atoms with Crippen molar-refractivity contribution in [2.24, 2.45) is 5.73 Å². The number of likely N-dealkylation sites (tertiary alicyclic amines) is 1. The first-order valence-corrected chi connectivity index (χ1v) is 4.18. The van der Waals surface area contributed by atoms with Crippen LogP contribution < -0.4 is 5.73 Å². The molecule has 0 aromatic carbocycles. The SMILES string of the molecule is N=C(N)N1CCC(I)C1. The predicted molar refractivity (Wildman–Crippen MR) is 45.9 cm³/mol. The summed E-state index contributed by atoms with van der Waals surface area (Å²) in [6.07, 6.45) is 1.17. The molecule has 9 heavy (non-hydrogen) atoms. The molecule has 1 fully saturated rings. The van der Waals surface area contributed by atoms with Gasteiger partial charge in [0.25, 0.3) is 0 Å². The zero-order valence-electron chi connectivity index (χ0n) is 5.10. The molecule has 1 unspecified atom stereocenters. The Morgan fingerprint density at radius 2 is 2.44 bits per heavy atom. The summed E-state index contributed by atoms with van der Waals surface area (Å²) in [5, 5.41) is 7.08. The van der Waals surface area contributed by atoms with Gasteiger partial charge in [0, 0.05) is 17.0 Å². The van der Waals surface area contributed by atoms with Gasteiger partial charge in [0.05, 0.1) is 0 Å². The highest BCUT2D eigenvalue weighted by Crippen LogP contribution is 2.15. The average molecular weight is 239 g/mol. The van der Waals surface area contributed by atoms with Crippen LogP contribution in [-0.4, -0.2) is 27.9 Å². The van der Waals surface area contributed by atoms with E-state index < -0.39 is 0 Å². The summed E-state index contributed by atoms with van der Waals surface area (Å²) >= 11 is 2.39. The fourth-order valence-electron chi connectivity index (χ4n) is 0.936. The maximum absolute atomic E-state index is 7.08. The van der Waals surface area contributed by atoms with Gasteiger partial charge < -0.3 is 10.6 Å². The van der Waals surface area contributed by atoms with Gasteiger partial charge in [-0.25, -0.2) is 0 Å². The van der Waals surface area contributed by atoms with E-state index in [-0.39, 0.29) is 5.96 Å². The minimum atomic E-state index is 0.217. The number of nitrogens with one attached hydrogen (secondary N) is 1. The van der Waals surface area contributed by atoms with Crippen LogP contribution >= 0.6 is 22.6 Å². The van der Waals surface area contributed by atoms with Crippen molar-refractivity contribution >= 4 is 28.6 Å². The third-order valence-electron chi connectivity index (χ3n) is 1.47. The predicted octanol–water partition coefficient (Wildman–Crippen LogP) is 0.389. The van der Waals surface area contributed by atoms with Gasteiger partial charge in [-0.3, -0.25) is 5.41 Å². The van der Waals surface area contributed by atoms with Crippen LogP contribution in [0.3, 0.4) is 0 Å². The normalized spacial score (nSPS) is 26.8. The zero-order chi connectivity index (χ0) is 6.85. The number of alkyl halides is 1. The molecule has 0 aliphatic carbocycles. The Morgan fingerprint density at radius 1 is 1.78 bits per heavy atom. The Labute approximate surface area is 68.2 Å². The Kier molecular flexibility index (Phi) is 2.15. The molecule has 52 valence electrons. The summed E-state index contributed by atoms with van der Waals surface area (Å²) < 4.78 is 0.687. The molecule has 4 heteroatoms. The van der Waals surface area contributed by atoms with Gasteiger partial charge in [-0.15, -0.1) is 0 Å². The zero-order valence-corrected chi connectivity index (χ0v) is 7.26. The lowest BCUT2D eigenvalue weighted by atomic mass is 10.4. The van der Waals surface area contributed by atoms with Gasteiger partial charge >= 0.3 is 0 Å². The van der Waals surface area contributed by atoms with E-state index >= 15 is 0 Å². The molecule has 1 heterocycles. The molecule has 0 aromatic rings. The van der Waals surface area contributed by atoms with Crippen LogP contribution in [0.15, 0.2) is 0 Å². The molecular formula is C5H10IN3. The maximum atomic E-state index is 7.08. The van der Waals surface area contributed by atoms with Gasteiger partial charge in [-0.05, 0) is 6.42 Å². The number of halogens is 1. The largest absolute Gasteiger partial charge is 0.370 e. The molecular weight excluding hydrogens is 229 g/mol. The molecule has 0 amide bonds. The third-order valence-corrected chi connectivity index (χ3v) is 2.49. The maximum Gasteiger partial charge on any atom is 0.188 e. The van der Waals surface area contributed by atoms with Crippen LogP contribution in [0.5, 0.6) is 0 Å². The number of hydrogen-bond acceptors (Lipinski definition) is 1. The lowest BCUT2D eigenvalue weighted by Gasteiger charge is -2.13. The molecule has 3 N–H and O–H groups in total. The van der Waals surface area contributed by atoms with Crippen LogP contribution in [0.25, 0.3) is 0 Å². The van der Waals surface area contributed by atoms with Crippen molar-refractivity contribution in [3.05, 3.63) is 0 Å². The molecule has 0 aromatic heterocycles. The van der Waals surface area contributed by atoms with Crippen molar-refractivity contribution in [1.82, 2.24) is 4.90 Å². The topological polar surface area (TPSA) is 53.1 Å². The fourth-order valence-corrected chi connectivity index (χ4v) is 1.69. The van der Waals surface area contributed by atoms with E-state index in [0.29, 0.717) is 3.92 Å². The van der Waals surface area contributed by atoms with Crippen molar-refractivity contribution < 1.29 is 0 Å². The number of nitrogens with two attached hydrogens (primary N) is 1. The van der Waals surface area contributed by atoms with E-state index in [1.54, 1.807) is 0 Å². The van der Waals surface area contributed by atoms with E-state index in [4.69, 9.17) is 11.1 Å². The lowest BCUT2D eigenvalue weighted by Crippen LogP contribution is -2.34. The van der Waals surface area contributed by atoms with Gasteiger partial charge in [0.2, 0.25) is 0 Å². The second-order valence-corrected chi connectivity index (χ2v) is 3.98. The van der Waals surface area contributed by atoms with Gasteiger partial charge in [0.1, 0.15) is 0 Å². The van der Waals surface area contributed by atoms with Gasteiger partial charge in [-0.2, -0.15) is 0 Å². The molecule has 0 radical (unpaired) electrons. The lowest BCUT2D eigenvalue weighted by molar-refractivity contribution is 0.512. The summed E-state index contributed by atoms with van der Waals surface area (Å²) in [7, 11) is 0. The first-order chi connectivity index (χ1) is 4.20. The molecule has 1 saturated heterocycles. The van der Waals surface area contributed by atoms with E-state index in [1.165, 1.54) is 6.42 Å². The van der Waals surface area contributed by atoms with Crippen LogP contribution in [0, 0.1) is 5.41 Å². The smallest absolute Gasteiger partial charge is 0.188 e. The summed E-state index contributed by atoms with van der Waals surface area (Å²) in [4.78, 5) is 1.90. The van der Waals surface area contributed by atoms with Crippen LogP contribution in [-0.2, 0) is 0 Å². The van der Waals surface area contributed by atoms with E-state index in [9.17, 15) is 0 Å². The van der Waals surface area contributed by atoms with Crippen molar-refractivity contribution in [2.45, 2.75) is 10.3 Å². The highest BCUT2D eigenvalue weighted by atomic mass is 127. The monoisotopic (exact) mass is 239 g/mol. The average Bonchev–Trinajstić information content (AvgIpc) is 2.14. The highest BCUT2D eigenvalue weighted by molar-refractivity contribution is 14.1. The molecule has 0 saturated carbocycles. The van der Waals surface area contributed by atoms with Crippen molar-refractivity contribution in [1.29, 1.82) is 5.41 Å². The van der Waals surface area contributed by atoms with Gasteiger partial charge in [-0.1, -0.05) is 22.6 Å².